The summed E-state index contributed by atoms with van der Waals surface area (Å²) in [6.45, 7) is -0.0962. The number of unbranched alkanes of at least 4 members (excludes halogenated alkanes) is 5. The zero-order chi connectivity index (χ0) is 26.8. The third-order valence-electron chi connectivity index (χ3n) is 7.05. The highest BCUT2D eigenvalue weighted by Crippen LogP contribution is 2.28. The van der Waals surface area contributed by atoms with Crippen molar-refractivity contribution in [2.75, 3.05) is 11.4 Å². The molecule has 1 aliphatic carbocycles. The summed E-state index contributed by atoms with van der Waals surface area (Å²) in [5, 5.41) is 0.395. The predicted octanol–water partition coefficient (Wildman–Crippen LogP) is 6.11. The number of anilines is 1. The van der Waals surface area contributed by atoms with Crippen molar-refractivity contribution in [3.63, 3.8) is 0 Å². The number of amides is 3. The lowest BCUT2D eigenvalue weighted by Crippen LogP contribution is -2.41. The first-order chi connectivity index (χ1) is 17.7. The molecule has 10 heteroatoms. The molecule has 1 heterocycles. The minimum Gasteiger partial charge on any atom is -0.325 e. The highest BCUT2D eigenvalue weighted by molar-refractivity contribution is 6.03. The molecule has 0 bridgehead atoms. The number of carbonyl (C=O) groups excluding carboxylic acids is 4. The molecule has 0 unspecified atom stereocenters. The molecule has 2 fully saturated rings. The first kappa shape index (κ1) is 28.7. The fourth-order valence-corrected chi connectivity index (χ4v) is 4.96. The van der Waals surface area contributed by atoms with Gasteiger partial charge in [0.2, 0.25) is 0 Å². The average Bonchev–Trinajstić information content (AvgIpc) is 3.19. The maximum absolute atomic E-state index is 13.2. The Labute approximate surface area is 215 Å². The molecule has 1 saturated carbocycles. The molecule has 2 aliphatic rings. The van der Waals surface area contributed by atoms with Crippen molar-refractivity contribution < 1.29 is 37.2 Å². The summed E-state index contributed by atoms with van der Waals surface area (Å²) in [7, 11) is 0. The Morgan fingerprint density at radius 2 is 1.43 bits per heavy atom. The number of hydrogen-bond donors (Lipinski definition) is 0. The Balaban J connectivity index is 1.47. The minimum absolute atomic E-state index is 0.000294. The molecule has 0 atom stereocenters. The third-order valence-corrected chi connectivity index (χ3v) is 7.05. The van der Waals surface area contributed by atoms with E-state index in [0.29, 0.717) is 22.8 Å². The number of alkyl halides is 3. The number of hydrogen-bond acceptors (Lipinski definition) is 5. The van der Waals surface area contributed by atoms with Gasteiger partial charge in [-0.05, 0) is 36.6 Å². The van der Waals surface area contributed by atoms with Crippen LogP contribution < -0.4 is 4.90 Å². The van der Waals surface area contributed by atoms with Crippen LogP contribution in [-0.4, -0.2) is 41.5 Å². The zero-order valence-corrected chi connectivity index (χ0v) is 21.1. The van der Waals surface area contributed by atoms with E-state index in [1.165, 1.54) is 69.2 Å². The van der Waals surface area contributed by atoms with Gasteiger partial charge in [0.15, 0.2) is 0 Å². The summed E-state index contributed by atoms with van der Waals surface area (Å²) in [6, 6.07) is 4.84. The zero-order valence-electron chi connectivity index (χ0n) is 21.1. The van der Waals surface area contributed by atoms with Crippen LogP contribution in [0.1, 0.15) is 100 Å². The van der Waals surface area contributed by atoms with Gasteiger partial charge in [-0.15, -0.1) is 5.06 Å². The molecule has 0 radical (unpaired) electrons. The minimum atomic E-state index is -5.03. The molecule has 7 nitrogen and oxygen atoms in total. The highest BCUT2D eigenvalue weighted by atomic mass is 19.4. The van der Waals surface area contributed by atoms with Gasteiger partial charge >= 0.3 is 18.1 Å². The van der Waals surface area contributed by atoms with Gasteiger partial charge in [-0.3, -0.25) is 14.4 Å². The van der Waals surface area contributed by atoms with Crippen LogP contribution in [0, 0.1) is 5.92 Å². The van der Waals surface area contributed by atoms with Crippen molar-refractivity contribution >= 4 is 29.4 Å². The van der Waals surface area contributed by atoms with E-state index in [9.17, 15) is 32.3 Å². The van der Waals surface area contributed by atoms with E-state index in [4.69, 9.17) is 4.84 Å². The van der Waals surface area contributed by atoms with Crippen LogP contribution in [0.25, 0.3) is 0 Å². The Morgan fingerprint density at radius 3 is 2.03 bits per heavy atom. The lowest BCUT2D eigenvalue weighted by Gasteiger charge is -2.24. The Kier molecular flexibility index (Phi) is 10.5. The van der Waals surface area contributed by atoms with Crippen LogP contribution in [0.15, 0.2) is 24.3 Å². The van der Waals surface area contributed by atoms with E-state index < -0.39 is 29.9 Å². The van der Waals surface area contributed by atoms with E-state index in [2.05, 4.69) is 0 Å². The number of carbonyl (C=O) groups is 4. The topological polar surface area (TPSA) is 84.0 Å². The summed E-state index contributed by atoms with van der Waals surface area (Å²) in [5.74, 6) is -3.38. The van der Waals surface area contributed by atoms with Crippen molar-refractivity contribution in [2.24, 2.45) is 5.92 Å². The predicted molar refractivity (Wildman–Crippen MR) is 130 cm³/mol. The largest absolute Gasteiger partial charge is 0.471 e. The first-order valence-electron chi connectivity index (χ1n) is 13.2. The van der Waals surface area contributed by atoms with E-state index in [1.54, 1.807) is 0 Å². The number of benzene rings is 1. The maximum Gasteiger partial charge on any atom is 0.471 e. The van der Waals surface area contributed by atoms with Crippen molar-refractivity contribution in [3.8, 4) is 0 Å². The summed E-state index contributed by atoms with van der Waals surface area (Å²) in [6.07, 6.45) is 8.20. The number of rotatable bonds is 12. The highest BCUT2D eigenvalue weighted by Gasteiger charge is 2.43. The lowest BCUT2D eigenvalue weighted by molar-refractivity contribution is -0.172. The van der Waals surface area contributed by atoms with Crippen LogP contribution in [0.3, 0.4) is 0 Å². The molecule has 1 aromatic rings. The molecular formula is C27H35F3N2O5. The summed E-state index contributed by atoms with van der Waals surface area (Å²) in [4.78, 5) is 53.0. The van der Waals surface area contributed by atoms with Crippen LogP contribution in [-0.2, 0) is 19.2 Å². The molecule has 1 saturated heterocycles. The van der Waals surface area contributed by atoms with Crippen molar-refractivity contribution in [3.05, 3.63) is 29.8 Å². The van der Waals surface area contributed by atoms with E-state index in [0.717, 1.165) is 25.2 Å². The Hall–Kier alpha value is -2.91. The second-order valence-electron chi connectivity index (χ2n) is 9.88. The van der Waals surface area contributed by atoms with Crippen LogP contribution >= 0.6 is 0 Å². The van der Waals surface area contributed by atoms with Crippen LogP contribution in [0.4, 0.5) is 18.9 Å². The first-order valence-corrected chi connectivity index (χ1v) is 13.2. The van der Waals surface area contributed by atoms with Gasteiger partial charge in [0.25, 0.3) is 11.8 Å². The molecule has 204 valence electrons. The molecule has 3 rings (SSSR count). The van der Waals surface area contributed by atoms with Crippen molar-refractivity contribution in [1.29, 1.82) is 0 Å². The quantitative estimate of drug-likeness (QED) is 0.243. The smallest absolute Gasteiger partial charge is 0.325 e. The summed E-state index contributed by atoms with van der Waals surface area (Å²) >= 11 is 0. The lowest BCUT2D eigenvalue weighted by atomic mass is 9.85. The van der Waals surface area contributed by atoms with Crippen molar-refractivity contribution in [1.82, 2.24) is 5.06 Å². The number of hydroxylamine groups is 2. The van der Waals surface area contributed by atoms with E-state index in [-0.39, 0.29) is 30.6 Å². The molecule has 37 heavy (non-hydrogen) atoms. The van der Waals surface area contributed by atoms with Crippen LogP contribution in [0.5, 0.6) is 0 Å². The standard InChI is InChI=1S/C27H35F3N2O5/c28-27(29,30)26(36)31(19-9-4-2-1-3-6-10-20-11-7-5-8-12-20)22-15-13-21(14-16-22)25(35)37-32-23(33)17-18-24(32)34/h13-16,20H,1-12,17-19H2. The monoisotopic (exact) mass is 524 g/mol. The van der Waals surface area contributed by atoms with Gasteiger partial charge in [0, 0.05) is 25.1 Å². The molecule has 0 N–H and O–H groups in total. The van der Waals surface area contributed by atoms with E-state index >= 15 is 0 Å². The Morgan fingerprint density at radius 1 is 0.865 bits per heavy atom. The number of halogens is 3. The molecule has 1 aliphatic heterocycles. The molecule has 0 spiro atoms. The van der Waals surface area contributed by atoms with Gasteiger partial charge in [-0.2, -0.15) is 13.2 Å². The van der Waals surface area contributed by atoms with Gasteiger partial charge in [0.1, 0.15) is 0 Å². The molecular weight excluding hydrogens is 489 g/mol. The average molecular weight is 525 g/mol. The fourth-order valence-electron chi connectivity index (χ4n) is 4.96. The SMILES string of the molecule is O=C(ON1C(=O)CCC1=O)c1ccc(N(CCCCCCCCC2CCCCC2)C(=O)C(F)(F)F)cc1. The molecule has 0 aromatic heterocycles. The van der Waals surface area contributed by atoms with Crippen LogP contribution in [0.2, 0.25) is 0 Å². The van der Waals surface area contributed by atoms with Gasteiger partial charge in [-0.25, -0.2) is 4.79 Å². The fraction of sp³-hybridized carbons (Fsp3) is 0.630. The van der Waals surface area contributed by atoms with Gasteiger partial charge in [0.05, 0.1) is 5.56 Å². The number of imide groups is 1. The van der Waals surface area contributed by atoms with E-state index in [1.807, 2.05) is 0 Å². The number of nitrogens with zero attached hydrogens (tertiary/aromatic N) is 2. The Bertz CT molecular complexity index is 926. The maximum atomic E-state index is 13.2. The van der Waals surface area contributed by atoms with Gasteiger partial charge in [-0.1, -0.05) is 70.6 Å². The normalized spacial score (nSPS) is 16.8. The summed E-state index contributed by atoms with van der Waals surface area (Å²) in [5.41, 5.74) is -0.0661. The third kappa shape index (κ3) is 8.57. The molecule has 1 aromatic carbocycles. The summed E-state index contributed by atoms with van der Waals surface area (Å²) < 4.78 is 39.7. The second kappa shape index (κ2) is 13.6. The second-order valence-corrected chi connectivity index (χ2v) is 9.88. The molecule has 3 amide bonds. The van der Waals surface area contributed by atoms with Crippen molar-refractivity contribution in [2.45, 2.75) is 96.1 Å². The van der Waals surface area contributed by atoms with Gasteiger partial charge < -0.3 is 9.74 Å².